The minimum absolute atomic E-state index is 0.0145. The van der Waals surface area contributed by atoms with Crippen LogP contribution in [0.1, 0.15) is 38.3 Å². The van der Waals surface area contributed by atoms with Gasteiger partial charge in [0.05, 0.1) is 38.2 Å². The Balaban J connectivity index is 1.38. The molecule has 3 aromatic rings. The Morgan fingerprint density at radius 1 is 0.955 bits per heavy atom. The Morgan fingerprint density at radius 3 is 2.39 bits per heavy atom. The molecule has 1 fully saturated rings. The topological polar surface area (TPSA) is 74.4 Å². The summed E-state index contributed by atoms with van der Waals surface area (Å²) in [4.78, 5) is 34.5. The van der Waals surface area contributed by atoms with Gasteiger partial charge in [0.15, 0.2) is 5.78 Å². The van der Waals surface area contributed by atoms with Gasteiger partial charge in [-0.25, -0.2) is 0 Å². The van der Waals surface area contributed by atoms with E-state index in [1.807, 2.05) is 71.6 Å². The number of hydrogen-bond acceptors (Lipinski definition) is 7. The van der Waals surface area contributed by atoms with E-state index in [-0.39, 0.29) is 23.7 Å². The number of ether oxygens (including phenoxy) is 2. The minimum Gasteiger partial charge on any atom is -0.497 e. The van der Waals surface area contributed by atoms with Crippen molar-refractivity contribution in [2.75, 3.05) is 62.1 Å². The fourth-order valence-corrected chi connectivity index (χ4v) is 6.83. The highest BCUT2D eigenvalue weighted by atomic mass is 35.5. The molecular weight excluding hydrogens is 576 g/mol. The number of fused-ring (bicyclic) bond motifs is 1. The van der Waals surface area contributed by atoms with Crippen LogP contribution in [-0.2, 0) is 9.59 Å². The third-order valence-electron chi connectivity index (χ3n) is 8.87. The summed E-state index contributed by atoms with van der Waals surface area (Å²) < 4.78 is 11.4. The first kappa shape index (κ1) is 29.9. The first-order valence-electron chi connectivity index (χ1n) is 15.1. The number of piperazine rings is 1. The molecule has 1 N–H and O–H groups in total. The summed E-state index contributed by atoms with van der Waals surface area (Å²) in [6.07, 6.45) is 1.14. The first-order chi connectivity index (χ1) is 21.2. The third-order valence-corrected chi connectivity index (χ3v) is 9.12. The van der Waals surface area contributed by atoms with Crippen LogP contribution in [0.2, 0.25) is 5.02 Å². The molecular formula is C35H39ClN4O4. The second-order valence-electron chi connectivity index (χ2n) is 12.5. The van der Waals surface area contributed by atoms with Crippen LogP contribution < -0.4 is 24.6 Å². The van der Waals surface area contributed by atoms with E-state index in [9.17, 15) is 9.59 Å². The predicted molar refractivity (Wildman–Crippen MR) is 175 cm³/mol. The van der Waals surface area contributed by atoms with E-state index in [4.69, 9.17) is 21.1 Å². The highest BCUT2D eigenvalue weighted by Crippen LogP contribution is 2.50. The molecule has 1 saturated heterocycles. The zero-order valence-electron chi connectivity index (χ0n) is 25.7. The maximum atomic E-state index is 14.1. The number of anilines is 3. The number of nitrogens with one attached hydrogen (secondary N) is 1. The number of ketones is 1. The van der Waals surface area contributed by atoms with Crippen LogP contribution in [-0.4, -0.2) is 63.5 Å². The smallest absolute Gasteiger partial charge is 0.242 e. The standard InChI is InChI=1S/C35H39ClN4O4/c1-35(2)20-28-33(30(41)21-35)34(26-14-13-25(43-3)19-31(26)44-4)40(29-8-6-5-7-27(29)37-28)22-32(42)39-17-15-38(16-18-39)24-11-9-23(36)10-12-24/h5-14,19,34,37H,15-18,20-22H2,1-4H3. The zero-order chi connectivity index (χ0) is 31.0. The monoisotopic (exact) mass is 614 g/mol. The normalized spacial score (nSPS) is 19.5. The summed E-state index contributed by atoms with van der Waals surface area (Å²) >= 11 is 6.09. The number of hydrogen-bond donors (Lipinski definition) is 1. The molecule has 1 amide bonds. The summed E-state index contributed by atoms with van der Waals surface area (Å²) in [7, 11) is 3.24. The Morgan fingerprint density at radius 2 is 1.68 bits per heavy atom. The molecule has 0 saturated carbocycles. The van der Waals surface area contributed by atoms with Gasteiger partial charge in [0.25, 0.3) is 0 Å². The van der Waals surface area contributed by atoms with E-state index >= 15 is 0 Å². The molecule has 230 valence electrons. The molecule has 2 aliphatic heterocycles. The van der Waals surface area contributed by atoms with Crippen molar-refractivity contribution < 1.29 is 19.1 Å². The molecule has 6 rings (SSSR count). The van der Waals surface area contributed by atoms with Crippen molar-refractivity contribution in [3.63, 3.8) is 0 Å². The summed E-state index contributed by atoms with van der Waals surface area (Å²) in [5.41, 5.74) is 5.04. The SMILES string of the molecule is COc1ccc(C2C3=C(CC(C)(C)CC3=O)Nc3ccccc3N2CC(=O)N2CCN(c3ccc(Cl)cc3)CC2)c(OC)c1. The molecule has 44 heavy (non-hydrogen) atoms. The molecule has 1 unspecified atom stereocenters. The summed E-state index contributed by atoms with van der Waals surface area (Å²) in [5.74, 6) is 1.35. The number of methoxy groups -OCH3 is 2. The molecule has 1 atom stereocenters. The highest BCUT2D eigenvalue weighted by molar-refractivity contribution is 6.30. The van der Waals surface area contributed by atoms with Gasteiger partial charge in [0, 0.05) is 66.2 Å². The van der Waals surface area contributed by atoms with Crippen molar-refractivity contribution in [1.29, 1.82) is 0 Å². The van der Waals surface area contributed by atoms with Crippen LogP contribution in [0.3, 0.4) is 0 Å². The molecule has 0 bridgehead atoms. The van der Waals surface area contributed by atoms with E-state index in [0.29, 0.717) is 48.0 Å². The van der Waals surface area contributed by atoms with Gasteiger partial charge in [0.2, 0.25) is 5.91 Å². The van der Waals surface area contributed by atoms with Gasteiger partial charge in [-0.05, 0) is 60.4 Å². The van der Waals surface area contributed by atoms with Crippen molar-refractivity contribution in [3.8, 4) is 11.5 Å². The Kier molecular flexibility index (Phi) is 8.20. The number of carbonyl (C=O) groups is 2. The molecule has 8 nitrogen and oxygen atoms in total. The lowest BCUT2D eigenvalue weighted by atomic mass is 9.73. The highest BCUT2D eigenvalue weighted by Gasteiger charge is 2.43. The molecule has 3 aromatic carbocycles. The number of para-hydroxylation sites is 2. The number of amides is 1. The summed E-state index contributed by atoms with van der Waals surface area (Å²) in [6.45, 7) is 7.02. The average molecular weight is 615 g/mol. The second-order valence-corrected chi connectivity index (χ2v) is 12.9. The third kappa shape index (κ3) is 5.83. The summed E-state index contributed by atoms with van der Waals surface area (Å²) in [5, 5.41) is 4.33. The van der Waals surface area contributed by atoms with Gasteiger partial charge in [-0.3, -0.25) is 9.59 Å². The molecule has 3 aliphatic rings. The second kappa shape index (κ2) is 12.1. The van der Waals surface area contributed by atoms with Crippen molar-refractivity contribution >= 4 is 40.4 Å². The van der Waals surface area contributed by atoms with Crippen LogP contribution in [0.4, 0.5) is 17.1 Å². The Bertz CT molecular complexity index is 1590. The van der Waals surface area contributed by atoms with E-state index in [1.165, 1.54) is 0 Å². The van der Waals surface area contributed by atoms with Gasteiger partial charge in [-0.2, -0.15) is 0 Å². The van der Waals surface area contributed by atoms with Crippen molar-refractivity contribution in [3.05, 3.63) is 88.6 Å². The Labute approximate surface area is 264 Å². The lowest BCUT2D eigenvalue weighted by Crippen LogP contribution is -2.52. The van der Waals surface area contributed by atoms with Crippen LogP contribution in [0, 0.1) is 5.41 Å². The van der Waals surface area contributed by atoms with Crippen LogP contribution >= 0.6 is 11.6 Å². The number of rotatable bonds is 6. The molecule has 0 radical (unpaired) electrons. The fraction of sp³-hybridized carbons (Fsp3) is 0.371. The number of carbonyl (C=O) groups excluding carboxylic acids is 2. The maximum absolute atomic E-state index is 14.1. The molecule has 2 heterocycles. The van der Waals surface area contributed by atoms with Crippen molar-refractivity contribution in [1.82, 2.24) is 4.90 Å². The van der Waals surface area contributed by atoms with E-state index < -0.39 is 6.04 Å². The molecule has 1 aliphatic carbocycles. The van der Waals surface area contributed by atoms with Crippen molar-refractivity contribution in [2.45, 2.75) is 32.7 Å². The first-order valence-corrected chi connectivity index (χ1v) is 15.4. The predicted octanol–water partition coefficient (Wildman–Crippen LogP) is 6.32. The lowest BCUT2D eigenvalue weighted by Gasteiger charge is -2.40. The number of allylic oxidation sites excluding steroid dienone is 1. The molecule has 0 spiro atoms. The minimum atomic E-state index is -0.537. The number of benzene rings is 3. The quantitative estimate of drug-likeness (QED) is 0.348. The average Bonchev–Trinajstić information content (AvgIpc) is 3.14. The van der Waals surface area contributed by atoms with Gasteiger partial charge in [0.1, 0.15) is 11.5 Å². The number of halogens is 1. The maximum Gasteiger partial charge on any atom is 0.242 e. The van der Waals surface area contributed by atoms with Crippen LogP contribution in [0.5, 0.6) is 11.5 Å². The van der Waals surface area contributed by atoms with E-state index in [2.05, 4.69) is 29.0 Å². The lowest BCUT2D eigenvalue weighted by molar-refractivity contribution is -0.130. The fourth-order valence-electron chi connectivity index (χ4n) is 6.71. The van der Waals surface area contributed by atoms with Gasteiger partial charge in [-0.15, -0.1) is 0 Å². The van der Waals surface area contributed by atoms with Crippen molar-refractivity contribution in [2.24, 2.45) is 5.41 Å². The van der Waals surface area contributed by atoms with E-state index in [0.717, 1.165) is 41.4 Å². The van der Waals surface area contributed by atoms with Gasteiger partial charge < -0.3 is 29.5 Å². The summed E-state index contributed by atoms with van der Waals surface area (Å²) in [6, 6.07) is 20.9. The number of nitrogens with zero attached hydrogens (tertiary/aromatic N) is 3. The number of Topliss-reactive ketones (excluding diaryl/α,β-unsaturated/α-hetero) is 1. The molecule has 0 aromatic heterocycles. The Hall–Kier alpha value is -4.17. The van der Waals surface area contributed by atoms with E-state index in [1.54, 1.807) is 14.2 Å². The zero-order valence-corrected chi connectivity index (χ0v) is 26.5. The van der Waals surface area contributed by atoms with Gasteiger partial charge >= 0.3 is 0 Å². The van der Waals surface area contributed by atoms with Gasteiger partial charge in [-0.1, -0.05) is 37.6 Å². The molecule has 9 heteroatoms. The van der Waals surface area contributed by atoms with Crippen LogP contribution in [0.25, 0.3) is 0 Å². The van der Waals surface area contributed by atoms with Crippen LogP contribution in [0.15, 0.2) is 78.0 Å². The largest absolute Gasteiger partial charge is 0.497 e.